The maximum Gasteiger partial charge on any atom is 0.275 e. The van der Waals surface area contributed by atoms with Gasteiger partial charge in [0.05, 0.1) is 17.6 Å². The van der Waals surface area contributed by atoms with Gasteiger partial charge in [-0.05, 0) is 36.4 Å². The predicted molar refractivity (Wildman–Crippen MR) is 94.5 cm³/mol. The van der Waals surface area contributed by atoms with Crippen molar-refractivity contribution in [3.8, 4) is 5.82 Å². The number of anilines is 3. The summed E-state index contributed by atoms with van der Waals surface area (Å²) >= 11 is 0. The molecule has 0 saturated carbocycles. The summed E-state index contributed by atoms with van der Waals surface area (Å²) in [6.07, 6.45) is 5.09. The molecule has 2 amide bonds. The molecule has 0 spiro atoms. The lowest BCUT2D eigenvalue weighted by molar-refractivity contribution is -0.114. The maximum absolute atomic E-state index is 12.3. The second kappa shape index (κ2) is 6.83. The zero-order chi connectivity index (χ0) is 17.8. The smallest absolute Gasteiger partial charge is 0.275 e. The molecule has 0 aliphatic rings. The molecule has 25 heavy (non-hydrogen) atoms. The van der Waals surface area contributed by atoms with Crippen molar-refractivity contribution >= 4 is 29.0 Å². The lowest BCUT2D eigenvalue weighted by Gasteiger charge is -2.10. The molecule has 8 heteroatoms. The Morgan fingerprint density at radius 1 is 1.08 bits per heavy atom. The maximum atomic E-state index is 12.3. The van der Waals surface area contributed by atoms with Crippen LogP contribution < -0.4 is 16.4 Å². The summed E-state index contributed by atoms with van der Waals surface area (Å²) < 4.78 is 1.80. The van der Waals surface area contributed by atoms with E-state index in [-0.39, 0.29) is 17.4 Å². The van der Waals surface area contributed by atoms with Gasteiger partial charge in [0.25, 0.3) is 5.91 Å². The number of hydrogen-bond acceptors (Lipinski definition) is 5. The Bertz CT molecular complexity index is 903. The highest BCUT2D eigenvalue weighted by atomic mass is 16.2. The van der Waals surface area contributed by atoms with E-state index in [1.165, 1.54) is 19.2 Å². The highest BCUT2D eigenvalue weighted by molar-refractivity contribution is 6.04. The first-order chi connectivity index (χ1) is 12.0. The van der Waals surface area contributed by atoms with Gasteiger partial charge >= 0.3 is 0 Å². The van der Waals surface area contributed by atoms with Crippen LogP contribution in [0.1, 0.15) is 17.4 Å². The van der Waals surface area contributed by atoms with Crippen molar-refractivity contribution < 1.29 is 9.59 Å². The zero-order valence-electron chi connectivity index (χ0n) is 13.4. The van der Waals surface area contributed by atoms with E-state index in [2.05, 4.69) is 20.6 Å². The third-order valence-corrected chi connectivity index (χ3v) is 3.33. The number of nitrogens with one attached hydrogen (secondary N) is 2. The summed E-state index contributed by atoms with van der Waals surface area (Å²) in [5, 5.41) is 5.24. The van der Waals surface area contributed by atoms with E-state index < -0.39 is 5.91 Å². The molecule has 3 heterocycles. The number of hydrogen-bond donors (Lipinski definition) is 3. The Morgan fingerprint density at radius 2 is 1.84 bits per heavy atom. The Morgan fingerprint density at radius 3 is 2.48 bits per heavy atom. The van der Waals surface area contributed by atoms with Gasteiger partial charge in [0, 0.05) is 19.3 Å². The van der Waals surface area contributed by atoms with Gasteiger partial charge in [-0.25, -0.2) is 9.97 Å². The van der Waals surface area contributed by atoms with E-state index in [4.69, 9.17) is 5.73 Å². The first-order valence-electron chi connectivity index (χ1n) is 7.48. The summed E-state index contributed by atoms with van der Waals surface area (Å²) in [4.78, 5) is 31.7. The average Bonchev–Trinajstić information content (AvgIpc) is 3.11. The van der Waals surface area contributed by atoms with Crippen molar-refractivity contribution in [1.29, 1.82) is 0 Å². The Labute approximate surface area is 143 Å². The van der Waals surface area contributed by atoms with Crippen molar-refractivity contribution in [3.05, 3.63) is 60.7 Å². The van der Waals surface area contributed by atoms with Crippen molar-refractivity contribution in [3.63, 3.8) is 0 Å². The highest BCUT2D eigenvalue weighted by Crippen LogP contribution is 2.19. The van der Waals surface area contributed by atoms with Gasteiger partial charge in [-0.15, -0.1) is 0 Å². The highest BCUT2D eigenvalue weighted by Gasteiger charge is 2.12. The Kier molecular flexibility index (Phi) is 4.42. The topological polar surface area (TPSA) is 115 Å². The third kappa shape index (κ3) is 3.81. The van der Waals surface area contributed by atoms with E-state index in [9.17, 15) is 9.59 Å². The minimum absolute atomic E-state index is 0.182. The molecule has 0 atom stereocenters. The average molecular weight is 336 g/mol. The second-order valence-electron chi connectivity index (χ2n) is 5.27. The Hall–Kier alpha value is -3.68. The zero-order valence-corrected chi connectivity index (χ0v) is 13.4. The van der Waals surface area contributed by atoms with E-state index in [1.54, 1.807) is 22.8 Å². The number of rotatable bonds is 4. The summed E-state index contributed by atoms with van der Waals surface area (Å²) in [5.74, 6) is 0.225. The number of aromatic nitrogens is 3. The van der Waals surface area contributed by atoms with Crippen LogP contribution in [0.15, 0.2) is 55.0 Å². The number of carbonyl (C=O) groups excluding carboxylic acids is 2. The summed E-state index contributed by atoms with van der Waals surface area (Å²) in [7, 11) is 0. The molecule has 0 aliphatic heterocycles. The molecule has 4 N–H and O–H groups in total. The summed E-state index contributed by atoms with van der Waals surface area (Å²) in [5.41, 5.74) is 6.93. The fraction of sp³-hybridized carbons (Fsp3) is 0.0588. The van der Waals surface area contributed by atoms with Crippen LogP contribution in [0.25, 0.3) is 5.82 Å². The van der Waals surface area contributed by atoms with E-state index >= 15 is 0 Å². The number of pyridine rings is 2. The van der Waals surface area contributed by atoms with Crippen LogP contribution in [-0.2, 0) is 4.79 Å². The molecule has 8 nitrogen and oxygen atoms in total. The van der Waals surface area contributed by atoms with Crippen LogP contribution in [0.3, 0.4) is 0 Å². The molecule has 3 aromatic rings. The number of nitrogens with zero attached hydrogens (tertiary/aromatic N) is 3. The van der Waals surface area contributed by atoms with Crippen LogP contribution in [0.5, 0.6) is 0 Å². The van der Waals surface area contributed by atoms with Crippen LogP contribution in [0.4, 0.5) is 17.2 Å². The van der Waals surface area contributed by atoms with Crippen molar-refractivity contribution in [2.45, 2.75) is 6.92 Å². The van der Waals surface area contributed by atoms with E-state index in [0.29, 0.717) is 17.2 Å². The fourth-order valence-electron chi connectivity index (χ4n) is 2.17. The standard InChI is InChI=1S/C17H16N6O2/c1-11(24)20-12-4-6-14(19-10-12)17(25)22-16-13(18)5-7-15(21-16)23-8-2-3-9-23/h2-10H,18H2,1H3,(H,20,24)(H,21,22,25). The molecule has 3 aromatic heterocycles. The number of carbonyl (C=O) groups is 2. The lowest BCUT2D eigenvalue weighted by Crippen LogP contribution is -2.16. The minimum atomic E-state index is -0.446. The first-order valence-corrected chi connectivity index (χ1v) is 7.48. The molecule has 0 fully saturated rings. The van der Waals surface area contributed by atoms with E-state index in [1.807, 2.05) is 24.5 Å². The van der Waals surface area contributed by atoms with Crippen LogP contribution in [0.2, 0.25) is 0 Å². The normalized spacial score (nSPS) is 10.3. The van der Waals surface area contributed by atoms with Gasteiger partial charge in [-0.1, -0.05) is 0 Å². The molecule has 126 valence electrons. The minimum Gasteiger partial charge on any atom is -0.396 e. The summed E-state index contributed by atoms with van der Waals surface area (Å²) in [6.45, 7) is 1.40. The molecule has 0 aromatic carbocycles. The summed E-state index contributed by atoms with van der Waals surface area (Å²) in [6, 6.07) is 10.3. The Balaban J connectivity index is 1.78. The molecule has 0 aliphatic carbocycles. The van der Waals surface area contributed by atoms with Crippen molar-refractivity contribution in [2.24, 2.45) is 0 Å². The fourth-order valence-corrected chi connectivity index (χ4v) is 2.17. The largest absolute Gasteiger partial charge is 0.396 e. The molecule has 3 rings (SSSR count). The van der Waals surface area contributed by atoms with Gasteiger partial charge in [-0.3, -0.25) is 9.59 Å². The molecule has 0 saturated heterocycles. The molecule has 0 bridgehead atoms. The van der Waals surface area contributed by atoms with Gasteiger partial charge < -0.3 is 20.9 Å². The molecule has 0 unspecified atom stereocenters. The van der Waals surface area contributed by atoms with Crippen LogP contribution >= 0.6 is 0 Å². The first kappa shape index (κ1) is 16.2. The van der Waals surface area contributed by atoms with Crippen LogP contribution in [0, 0.1) is 0 Å². The predicted octanol–water partition coefficient (Wildman–Crippen LogP) is 2.06. The number of nitrogens with two attached hydrogens (primary N) is 1. The molecular formula is C17H16N6O2. The van der Waals surface area contributed by atoms with Gasteiger partial charge in [0.15, 0.2) is 5.82 Å². The van der Waals surface area contributed by atoms with Gasteiger partial charge in [0.1, 0.15) is 11.5 Å². The monoisotopic (exact) mass is 336 g/mol. The number of amides is 2. The molecular weight excluding hydrogens is 320 g/mol. The van der Waals surface area contributed by atoms with Crippen LogP contribution in [-0.4, -0.2) is 26.3 Å². The van der Waals surface area contributed by atoms with Crippen molar-refractivity contribution in [2.75, 3.05) is 16.4 Å². The number of nitrogen functional groups attached to an aromatic ring is 1. The lowest BCUT2D eigenvalue weighted by atomic mass is 10.3. The van der Waals surface area contributed by atoms with Gasteiger partial charge in [-0.2, -0.15) is 0 Å². The van der Waals surface area contributed by atoms with Crippen molar-refractivity contribution in [1.82, 2.24) is 14.5 Å². The third-order valence-electron chi connectivity index (χ3n) is 3.33. The quantitative estimate of drug-likeness (QED) is 0.674. The second-order valence-corrected chi connectivity index (χ2v) is 5.27. The van der Waals surface area contributed by atoms with Gasteiger partial charge in [0.2, 0.25) is 5.91 Å². The SMILES string of the molecule is CC(=O)Nc1ccc(C(=O)Nc2nc(-n3cccc3)ccc2N)nc1. The van der Waals surface area contributed by atoms with E-state index in [0.717, 1.165) is 0 Å². The molecule has 0 radical (unpaired) electrons.